The fourth-order valence-corrected chi connectivity index (χ4v) is 5.02. The topological polar surface area (TPSA) is 56.5 Å². The molecule has 40 heavy (non-hydrogen) atoms. The first-order chi connectivity index (χ1) is 19.1. The molecule has 1 heterocycles. The Kier molecular flexibility index (Phi) is 7.98. The smallest absolute Gasteiger partial charge is 0.416 e. The number of aromatic nitrogens is 2. The van der Waals surface area contributed by atoms with Crippen molar-refractivity contribution in [3.63, 3.8) is 0 Å². The van der Waals surface area contributed by atoms with Crippen molar-refractivity contribution in [1.29, 1.82) is 0 Å². The number of fused-ring (bicyclic) bond motifs is 1. The predicted octanol–water partition coefficient (Wildman–Crippen LogP) is 8.61. The summed E-state index contributed by atoms with van der Waals surface area (Å²) in [6, 6.07) is 21.6. The first-order valence-corrected chi connectivity index (χ1v) is 13.2. The minimum Gasteiger partial charge on any atom is -0.486 e. The summed E-state index contributed by atoms with van der Waals surface area (Å²) in [6.45, 7) is 0.251. The number of halogens is 6. The van der Waals surface area contributed by atoms with E-state index in [1.165, 1.54) is 18.3 Å². The van der Waals surface area contributed by atoms with Gasteiger partial charge in [-0.3, -0.25) is 4.79 Å². The van der Waals surface area contributed by atoms with Crippen molar-refractivity contribution in [3.8, 4) is 17.1 Å². The summed E-state index contributed by atoms with van der Waals surface area (Å²) < 4.78 is 47.6. The Hall–Kier alpha value is -3.66. The Balaban J connectivity index is 1.52. The molecule has 0 N–H and O–H groups in total. The van der Waals surface area contributed by atoms with Crippen molar-refractivity contribution in [2.24, 2.45) is 5.10 Å². The summed E-state index contributed by atoms with van der Waals surface area (Å²) in [7, 11) is 0. The van der Waals surface area contributed by atoms with Gasteiger partial charge in [0.15, 0.2) is 11.6 Å². The van der Waals surface area contributed by atoms with Crippen LogP contribution in [-0.2, 0) is 12.8 Å². The molecule has 0 saturated carbocycles. The van der Waals surface area contributed by atoms with Crippen LogP contribution >= 0.6 is 39.1 Å². The molecule has 0 radical (unpaired) electrons. The minimum atomic E-state index is -4.57. The van der Waals surface area contributed by atoms with Gasteiger partial charge in [0, 0.05) is 10.6 Å². The third-order valence-electron chi connectivity index (χ3n) is 5.84. The Morgan fingerprint density at radius 1 is 0.975 bits per heavy atom. The maximum absolute atomic E-state index is 13.4. The van der Waals surface area contributed by atoms with E-state index in [1.54, 1.807) is 48.5 Å². The number of alkyl halides is 3. The zero-order chi connectivity index (χ0) is 28.4. The number of hydrogen-bond acceptors (Lipinski definition) is 4. The maximum atomic E-state index is 13.4. The lowest BCUT2D eigenvalue weighted by Gasteiger charge is -2.13. The molecule has 0 fully saturated rings. The van der Waals surface area contributed by atoms with Gasteiger partial charge in [-0.15, -0.1) is 0 Å². The highest BCUT2D eigenvalue weighted by Gasteiger charge is 2.31. The van der Waals surface area contributed by atoms with Crippen molar-refractivity contribution in [3.05, 3.63) is 126 Å². The molecule has 5 aromatic rings. The van der Waals surface area contributed by atoms with Crippen LogP contribution in [0.1, 0.15) is 16.7 Å². The van der Waals surface area contributed by atoms with E-state index in [1.807, 2.05) is 12.1 Å². The fourth-order valence-electron chi connectivity index (χ4n) is 3.90. The van der Waals surface area contributed by atoms with E-state index in [0.29, 0.717) is 26.3 Å². The van der Waals surface area contributed by atoms with Gasteiger partial charge in [0.1, 0.15) is 6.61 Å². The van der Waals surface area contributed by atoms with Crippen LogP contribution < -0.4 is 10.3 Å². The quantitative estimate of drug-likeness (QED) is 0.174. The summed E-state index contributed by atoms with van der Waals surface area (Å²) in [5.41, 5.74) is 0.406. The SMILES string of the molecule is O=c1c2ccccc2nc(-c2cccc(C(F)(F)F)c2)n1N=Cc1cc(Cl)c(OCc2ccc(Cl)cc2)c(Br)c1. The lowest BCUT2D eigenvalue weighted by atomic mass is 10.1. The molecule has 0 aliphatic rings. The van der Waals surface area contributed by atoms with Crippen molar-refractivity contribution in [2.75, 3.05) is 0 Å². The zero-order valence-corrected chi connectivity index (χ0v) is 23.4. The Morgan fingerprint density at radius 3 is 2.45 bits per heavy atom. The van der Waals surface area contributed by atoms with Crippen LogP contribution in [0.25, 0.3) is 22.3 Å². The molecule has 0 spiro atoms. The van der Waals surface area contributed by atoms with Crippen LogP contribution in [0.2, 0.25) is 10.0 Å². The van der Waals surface area contributed by atoms with Gasteiger partial charge in [0.2, 0.25) is 0 Å². The van der Waals surface area contributed by atoms with Crippen LogP contribution in [0.3, 0.4) is 0 Å². The summed E-state index contributed by atoms with van der Waals surface area (Å²) in [5, 5.41) is 5.47. The van der Waals surface area contributed by atoms with Crippen molar-refractivity contribution < 1.29 is 17.9 Å². The first-order valence-electron chi connectivity index (χ1n) is 11.7. The Morgan fingerprint density at radius 2 is 1.73 bits per heavy atom. The van der Waals surface area contributed by atoms with E-state index in [-0.39, 0.29) is 28.4 Å². The molecule has 0 aliphatic heterocycles. The molecule has 0 aliphatic carbocycles. The van der Waals surface area contributed by atoms with E-state index in [4.69, 9.17) is 27.9 Å². The minimum absolute atomic E-state index is 0.0425. The summed E-state index contributed by atoms with van der Waals surface area (Å²) in [5.74, 6) is 0.363. The number of benzene rings is 4. The molecular formula is C29H17BrCl2F3N3O2. The fraction of sp³-hybridized carbons (Fsp3) is 0.0690. The normalized spacial score (nSPS) is 11.8. The van der Waals surface area contributed by atoms with Crippen molar-refractivity contribution in [2.45, 2.75) is 12.8 Å². The van der Waals surface area contributed by atoms with Crippen LogP contribution in [0, 0.1) is 0 Å². The van der Waals surface area contributed by atoms with E-state index in [0.717, 1.165) is 22.4 Å². The zero-order valence-electron chi connectivity index (χ0n) is 20.3. The molecule has 202 valence electrons. The first kappa shape index (κ1) is 27.9. The number of rotatable bonds is 6. The van der Waals surface area contributed by atoms with Gasteiger partial charge in [0.25, 0.3) is 5.56 Å². The lowest BCUT2D eigenvalue weighted by Crippen LogP contribution is -2.20. The van der Waals surface area contributed by atoms with Gasteiger partial charge < -0.3 is 4.74 Å². The van der Waals surface area contributed by atoms with Crippen molar-refractivity contribution in [1.82, 2.24) is 9.66 Å². The molecule has 4 aromatic carbocycles. The van der Waals surface area contributed by atoms with Gasteiger partial charge in [-0.1, -0.05) is 59.6 Å². The highest BCUT2D eigenvalue weighted by Crippen LogP contribution is 2.35. The second-order valence-corrected chi connectivity index (χ2v) is 10.3. The third kappa shape index (κ3) is 6.06. The van der Waals surface area contributed by atoms with Crippen LogP contribution in [0.4, 0.5) is 13.2 Å². The van der Waals surface area contributed by atoms with Crippen molar-refractivity contribution >= 4 is 56.2 Å². The standard InChI is InChI=1S/C29H17BrCl2F3N3O2/c30-23-12-18(13-24(32)26(23)40-16-17-8-10-21(31)11-9-17)15-36-38-27(19-4-3-5-20(14-19)29(33,34)35)37-25-7-2-1-6-22(25)28(38)39/h1-15H,16H2. The van der Waals surface area contributed by atoms with Crippen LogP contribution in [-0.4, -0.2) is 15.9 Å². The molecule has 0 atom stereocenters. The molecule has 1 aromatic heterocycles. The number of ether oxygens (including phenoxy) is 1. The largest absolute Gasteiger partial charge is 0.486 e. The second-order valence-electron chi connectivity index (χ2n) is 8.62. The number of nitrogens with zero attached hydrogens (tertiary/aromatic N) is 3. The van der Waals surface area contributed by atoms with E-state index < -0.39 is 17.3 Å². The lowest BCUT2D eigenvalue weighted by molar-refractivity contribution is -0.137. The molecule has 5 nitrogen and oxygen atoms in total. The van der Waals surface area contributed by atoms with Crippen LogP contribution in [0.5, 0.6) is 5.75 Å². The van der Waals surface area contributed by atoms with Gasteiger partial charge in [-0.2, -0.15) is 22.9 Å². The maximum Gasteiger partial charge on any atom is 0.416 e. The van der Waals surface area contributed by atoms with Gasteiger partial charge in [-0.25, -0.2) is 4.98 Å². The number of para-hydroxylation sites is 1. The molecule has 0 amide bonds. The third-order valence-corrected chi connectivity index (χ3v) is 6.96. The average molecular weight is 647 g/mol. The summed E-state index contributed by atoms with van der Waals surface area (Å²) in [6.07, 6.45) is -3.20. The van der Waals surface area contributed by atoms with E-state index in [9.17, 15) is 18.0 Å². The van der Waals surface area contributed by atoms with Gasteiger partial charge in [-0.05, 0) is 75.6 Å². The molecule has 11 heteroatoms. The molecule has 0 bridgehead atoms. The highest BCUT2D eigenvalue weighted by molar-refractivity contribution is 9.10. The predicted molar refractivity (Wildman–Crippen MR) is 154 cm³/mol. The number of hydrogen-bond donors (Lipinski definition) is 0. The van der Waals surface area contributed by atoms with E-state index >= 15 is 0 Å². The molecule has 5 rings (SSSR count). The van der Waals surface area contributed by atoms with E-state index in [2.05, 4.69) is 26.0 Å². The molecule has 0 saturated heterocycles. The second kappa shape index (κ2) is 11.4. The average Bonchev–Trinajstić information content (AvgIpc) is 2.92. The summed E-state index contributed by atoms with van der Waals surface area (Å²) >= 11 is 15.9. The van der Waals surface area contributed by atoms with Gasteiger partial charge >= 0.3 is 6.18 Å². The Bertz CT molecular complexity index is 1780. The highest BCUT2D eigenvalue weighted by atomic mass is 79.9. The van der Waals surface area contributed by atoms with Crippen LogP contribution in [0.15, 0.2) is 99.3 Å². The Labute approximate surface area is 244 Å². The molecular weight excluding hydrogens is 630 g/mol. The molecule has 0 unspecified atom stereocenters. The van der Waals surface area contributed by atoms with Gasteiger partial charge in [0.05, 0.1) is 32.2 Å². The monoisotopic (exact) mass is 645 g/mol. The summed E-state index contributed by atoms with van der Waals surface area (Å²) in [4.78, 5) is 17.8.